The lowest BCUT2D eigenvalue weighted by molar-refractivity contribution is -0.137. The molecule has 0 aliphatic heterocycles. The first-order chi connectivity index (χ1) is 21.1. The van der Waals surface area contributed by atoms with Gasteiger partial charge < -0.3 is 14.9 Å². The van der Waals surface area contributed by atoms with Crippen molar-refractivity contribution < 1.29 is 24.5 Å². The number of carboxylic acid groups (broad SMARTS) is 2. The maximum absolute atomic E-state index is 11.2. The summed E-state index contributed by atoms with van der Waals surface area (Å²) in [6.07, 6.45) is 2.31. The first kappa shape index (κ1) is 32.5. The number of carboxylic acids is 2. The molecule has 4 aromatic rings. The van der Waals surface area contributed by atoms with Crippen molar-refractivity contribution in [2.24, 2.45) is 0 Å². The number of ether oxygens (including phenoxy) is 1. The normalized spacial score (nSPS) is 11.5. The Bertz CT molecular complexity index is 1500. The minimum Gasteiger partial charge on any atom is -0.489 e. The number of unbranched alkanes of at least 4 members (excludes halogenated alkanes) is 1. The van der Waals surface area contributed by atoms with E-state index in [1.165, 1.54) is 16.7 Å². The summed E-state index contributed by atoms with van der Waals surface area (Å²) >= 11 is 0. The van der Waals surface area contributed by atoms with E-state index in [9.17, 15) is 14.7 Å². The second-order valence-electron chi connectivity index (χ2n) is 12.3. The zero-order chi connectivity index (χ0) is 31.5. The minimum atomic E-state index is -0.944. The van der Waals surface area contributed by atoms with Crippen LogP contribution in [0.5, 0.6) is 5.75 Å². The minimum absolute atomic E-state index is 0.131. The molecule has 2 N–H and O–H groups in total. The number of benzene rings is 4. The molecule has 6 heteroatoms. The fourth-order valence-corrected chi connectivity index (χ4v) is 5.14. The molecule has 0 aliphatic rings. The molecule has 44 heavy (non-hydrogen) atoms. The summed E-state index contributed by atoms with van der Waals surface area (Å²) < 4.78 is 6.29. The molecule has 0 amide bonds. The highest BCUT2D eigenvalue weighted by molar-refractivity contribution is 5.87. The summed E-state index contributed by atoms with van der Waals surface area (Å²) in [6, 6.07) is 32.3. The second kappa shape index (κ2) is 15.3. The molecule has 0 radical (unpaired) electrons. The van der Waals surface area contributed by atoms with E-state index in [1.807, 2.05) is 30.3 Å². The van der Waals surface area contributed by atoms with Gasteiger partial charge in [-0.1, -0.05) is 99.6 Å². The van der Waals surface area contributed by atoms with Crippen LogP contribution in [0.1, 0.15) is 72.6 Å². The number of aromatic carboxylic acids is 1. The summed E-state index contributed by atoms with van der Waals surface area (Å²) in [7, 11) is 0. The third-order valence-corrected chi connectivity index (χ3v) is 7.82. The Balaban J connectivity index is 1.37. The number of para-hydroxylation sites is 1. The van der Waals surface area contributed by atoms with Gasteiger partial charge in [-0.05, 0) is 82.8 Å². The van der Waals surface area contributed by atoms with Gasteiger partial charge in [0.05, 0.1) is 5.56 Å². The van der Waals surface area contributed by atoms with Crippen LogP contribution in [-0.4, -0.2) is 40.1 Å². The van der Waals surface area contributed by atoms with E-state index in [0.717, 1.165) is 48.4 Å². The molecule has 0 saturated carbocycles. The van der Waals surface area contributed by atoms with Gasteiger partial charge in [0.1, 0.15) is 12.4 Å². The van der Waals surface area contributed by atoms with Crippen LogP contribution in [0, 0.1) is 0 Å². The van der Waals surface area contributed by atoms with E-state index >= 15 is 0 Å². The van der Waals surface area contributed by atoms with Crippen LogP contribution < -0.4 is 4.74 Å². The van der Waals surface area contributed by atoms with Crippen molar-refractivity contribution in [2.45, 2.75) is 65.0 Å². The van der Waals surface area contributed by atoms with E-state index in [0.29, 0.717) is 19.6 Å². The van der Waals surface area contributed by atoms with Gasteiger partial charge in [-0.2, -0.15) is 0 Å². The van der Waals surface area contributed by atoms with Gasteiger partial charge in [0.2, 0.25) is 0 Å². The number of aliphatic carboxylic acids is 1. The molecule has 4 rings (SSSR count). The maximum Gasteiger partial charge on any atom is 0.335 e. The SMILES string of the molecule is CC(C)(C)c1ccc(-c2ccc(COc3ccccc3CCN(CCCCC(=O)O)Cc3ccc(C(=O)O)cc3)cc2)cc1. The van der Waals surface area contributed by atoms with Gasteiger partial charge in [-0.3, -0.25) is 9.69 Å². The number of rotatable bonds is 15. The summed E-state index contributed by atoms with van der Waals surface area (Å²) in [4.78, 5) is 24.5. The zero-order valence-corrected chi connectivity index (χ0v) is 26.0. The molecule has 0 unspecified atom stereocenters. The van der Waals surface area contributed by atoms with Gasteiger partial charge in [0.15, 0.2) is 0 Å². The van der Waals surface area contributed by atoms with Gasteiger partial charge in [0.25, 0.3) is 0 Å². The van der Waals surface area contributed by atoms with Crippen molar-refractivity contribution in [1.82, 2.24) is 4.90 Å². The van der Waals surface area contributed by atoms with Crippen molar-refractivity contribution in [3.63, 3.8) is 0 Å². The average molecular weight is 594 g/mol. The molecule has 0 atom stereocenters. The highest BCUT2D eigenvalue weighted by Gasteiger charge is 2.14. The Morgan fingerprint density at radius 1 is 0.727 bits per heavy atom. The van der Waals surface area contributed by atoms with Gasteiger partial charge >= 0.3 is 11.9 Å². The van der Waals surface area contributed by atoms with Crippen molar-refractivity contribution in [3.8, 4) is 16.9 Å². The Labute approximate surface area is 260 Å². The predicted molar refractivity (Wildman–Crippen MR) is 175 cm³/mol. The van der Waals surface area contributed by atoms with Crippen LogP contribution >= 0.6 is 0 Å². The van der Waals surface area contributed by atoms with Gasteiger partial charge in [-0.25, -0.2) is 4.79 Å². The fourth-order valence-electron chi connectivity index (χ4n) is 5.14. The Kier molecular flexibility index (Phi) is 11.3. The Hall–Kier alpha value is -4.42. The molecular formula is C38H43NO5. The van der Waals surface area contributed by atoms with Crippen molar-refractivity contribution >= 4 is 11.9 Å². The smallest absolute Gasteiger partial charge is 0.335 e. The number of carbonyl (C=O) groups is 2. The Morgan fingerprint density at radius 2 is 1.34 bits per heavy atom. The molecule has 0 aromatic heterocycles. The summed E-state index contributed by atoms with van der Waals surface area (Å²) in [6.45, 7) is 9.30. The summed E-state index contributed by atoms with van der Waals surface area (Å²) in [5.41, 5.74) is 7.31. The quantitative estimate of drug-likeness (QED) is 0.135. The van der Waals surface area contributed by atoms with Crippen LogP contribution in [0.25, 0.3) is 11.1 Å². The largest absolute Gasteiger partial charge is 0.489 e. The molecule has 0 bridgehead atoms. The molecular weight excluding hydrogens is 550 g/mol. The second-order valence-corrected chi connectivity index (χ2v) is 12.3. The summed E-state index contributed by atoms with van der Waals surface area (Å²) in [5.74, 6) is -0.872. The Morgan fingerprint density at radius 3 is 1.95 bits per heavy atom. The summed E-state index contributed by atoms with van der Waals surface area (Å²) in [5, 5.41) is 18.2. The zero-order valence-electron chi connectivity index (χ0n) is 26.0. The first-order valence-corrected chi connectivity index (χ1v) is 15.3. The topological polar surface area (TPSA) is 87.1 Å². The molecule has 0 spiro atoms. The molecule has 0 saturated heterocycles. The van der Waals surface area contributed by atoms with Crippen molar-refractivity contribution in [3.05, 3.63) is 125 Å². The predicted octanol–water partition coefficient (Wildman–Crippen LogP) is 8.23. The lowest BCUT2D eigenvalue weighted by atomic mass is 9.86. The molecule has 0 heterocycles. The van der Waals surface area contributed by atoms with E-state index in [-0.39, 0.29) is 17.4 Å². The van der Waals surface area contributed by atoms with Crippen LogP contribution in [0.3, 0.4) is 0 Å². The third kappa shape index (κ3) is 9.81. The van der Waals surface area contributed by atoms with E-state index < -0.39 is 11.9 Å². The fraction of sp³-hybridized carbons (Fsp3) is 0.316. The molecule has 230 valence electrons. The van der Waals surface area contributed by atoms with E-state index in [2.05, 4.69) is 80.3 Å². The molecule has 0 fully saturated rings. The van der Waals surface area contributed by atoms with Crippen molar-refractivity contribution in [2.75, 3.05) is 13.1 Å². The highest BCUT2D eigenvalue weighted by atomic mass is 16.5. The number of hydrogen-bond donors (Lipinski definition) is 2. The van der Waals surface area contributed by atoms with Crippen molar-refractivity contribution in [1.29, 1.82) is 0 Å². The van der Waals surface area contributed by atoms with Crippen LogP contribution in [-0.2, 0) is 29.8 Å². The number of nitrogens with zero attached hydrogens (tertiary/aromatic N) is 1. The van der Waals surface area contributed by atoms with Gasteiger partial charge in [0, 0.05) is 19.5 Å². The monoisotopic (exact) mass is 593 g/mol. The lowest BCUT2D eigenvalue weighted by Crippen LogP contribution is -2.27. The van der Waals surface area contributed by atoms with E-state index in [1.54, 1.807) is 12.1 Å². The van der Waals surface area contributed by atoms with Gasteiger partial charge in [-0.15, -0.1) is 0 Å². The lowest BCUT2D eigenvalue weighted by Gasteiger charge is -2.23. The van der Waals surface area contributed by atoms with Crippen LogP contribution in [0.2, 0.25) is 0 Å². The standard InChI is InChI=1S/C38H43NO5/c1-38(2,3)34-21-19-31(20-22-34)30-15-13-29(14-16-30)27-44-35-9-5-4-8-32(35)23-25-39(24-7-6-10-36(40)41)26-28-11-17-33(18-12-28)37(42)43/h4-5,8-9,11-22H,6-7,10,23-27H2,1-3H3,(H,40,41)(H,42,43). The molecule has 6 nitrogen and oxygen atoms in total. The maximum atomic E-state index is 11.2. The molecule has 0 aliphatic carbocycles. The number of hydrogen-bond acceptors (Lipinski definition) is 4. The van der Waals surface area contributed by atoms with E-state index in [4.69, 9.17) is 9.84 Å². The highest BCUT2D eigenvalue weighted by Crippen LogP contribution is 2.27. The first-order valence-electron chi connectivity index (χ1n) is 15.3. The average Bonchev–Trinajstić information content (AvgIpc) is 3.01. The van der Waals surface area contributed by atoms with Crippen LogP contribution in [0.4, 0.5) is 0 Å². The molecule has 4 aromatic carbocycles. The van der Waals surface area contributed by atoms with Crippen LogP contribution in [0.15, 0.2) is 97.1 Å². The third-order valence-electron chi connectivity index (χ3n) is 7.82.